The van der Waals surface area contributed by atoms with Gasteiger partial charge in [0.15, 0.2) is 11.5 Å². The van der Waals surface area contributed by atoms with Gasteiger partial charge in [0.25, 0.3) is 0 Å². The molecule has 0 aliphatic carbocycles. The predicted molar refractivity (Wildman–Crippen MR) is 73.5 cm³/mol. The Kier molecular flexibility index (Phi) is 3.59. The van der Waals surface area contributed by atoms with E-state index >= 15 is 0 Å². The third-order valence-electron chi connectivity index (χ3n) is 3.85. The Labute approximate surface area is 113 Å². The number of hydrogen-bond acceptors (Lipinski definition) is 5. The summed E-state index contributed by atoms with van der Waals surface area (Å²) < 4.78 is 10.9. The summed E-state index contributed by atoms with van der Waals surface area (Å²) in [5, 5.41) is 6.81. The summed E-state index contributed by atoms with van der Waals surface area (Å²) in [4.78, 5) is 2.46. The third-order valence-corrected chi connectivity index (χ3v) is 3.85. The Morgan fingerprint density at radius 1 is 1.21 bits per heavy atom. The average molecular weight is 263 g/mol. The smallest absolute Gasteiger partial charge is 0.231 e. The Hall–Kier alpha value is -1.30. The molecule has 0 amide bonds. The van der Waals surface area contributed by atoms with Gasteiger partial charge in [-0.15, -0.1) is 0 Å². The molecule has 2 N–H and O–H groups in total. The molecule has 0 radical (unpaired) electrons. The first-order valence-electron chi connectivity index (χ1n) is 6.82. The number of benzene rings is 1. The summed E-state index contributed by atoms with van der Waals surface area (Å²) in [6.07, 6.45) is 0.233. The summed E-state index contributed by atoms with van der Waals surface area (Å²) >= 11 is 0. The van der Waals surface area contributed by atoms with Crippen LogP contribution in [0.25, 0.3) is 0 Å². The molecule has 1 unspecified atom stereocenters. The van der Waals surface area contributed by atoms with Crippen LogP contribution in [0.15, 0.2) is 12.1 Å². The van der Waals surface area contributed by atoms with Crippen LogP contribution in [0.1, 0.15) is 17.3 Å². The maximum atomic E-state index is 5.50. The van der Waals surface area contributed by atoms with Crippen LogP contribution in [0.2, 0.25) is 0 Å². The maximum absolute atomic E-state index is 5.50. The fourth-order valence-corrected chi connectivity index (χ4v) is 2.83. The molecule has 104 valence electrons. The van der Waals surface area contributed by atoms with E-state index in [4.69, 9.17) is 9.47 Å². The van der Waals surface area contributed by atoms with Crippen molar-refractivity contribution in [2.24, 2.45) is 0 Å². The van der Waals surface area contributed by atoms with E-state index in [-0.39, 0.29) is 6.17 Å². The van der Waals surface area contributed by atoms with Crippen molar-refractivity contribution < 1.29 is 9.47 Å². The van der Waals surface area contributed by atoms with E-state index in [1.54, 1.807) is 0 Å². The van der Waals surface area contributed by atoms with Crippen molar-refractivity contribution in [3.63, 3.8) is 0 Å². The molecule has 1 saturated heterocycles. The Morgan fingerprint density at radius 2 is 1.89 bits per heavy atom. The maximum Gasteiger partial charge on any atom is 0.231 e. The second-order valence-electron chi connectivity index (χ2n) is 5.04. The van der Waals surface area contributed by atoms with E-state index in [0.717, 1.165) is 37.7 Å². The van der Waals surface area contributed by atoms with Crippen molar-refractivity contribution in [3.05, 3.63) is 23.3 Å². The second kappa shape index (κ2) is 5.36. The number of nitrogens with one attached hydrogen (secondary N) is 2. The van der Waals surface area contributed by atoms with Crippen LogP contribution < -0.4 is 20.1 Å². The molecule has 3 rings (SSSR count). The van der Waals surface area contributed by atoms with Gasteiger partial charge < -0.3 is 20.1 Å². The number of nitrogens with zero attached hydrogens (tertiary/aromatic N) is 1. The molecular weight excluding hydrogens is 242 g/mol. The highest BCUT2D eigenvalue weighted by atomic mass is 16.7. The van der Waals surface area contributed by atoms with Crippen molar-refractivity contribution in [1.82, 2.24) is 15.5 Å². The molecule has 0 aromatic heterocycles. The number of aryl methyl sites for hydroxylation is 1. The topological polar surface area (TPSA) is 45.8 Å². The molecule has 0 bridgehead atoms. The molecule has 1 aromatic rings. The molecule has 5 nitrogen and oxygen atoms in total. The zero-order chi connectivity index (χ0) is 13.2. The number of fused-ring (bicyclic) bond motifs is 1. The van der Waals surface area contributed by atoms with Gasteiger partial charge >= 0.3 is 0 Å². The van der Waals surface area contributed by atoms with Gasteiger partial charge in [-0.05, 0) is 37.2 Å². The molecule has 5 heteroatoms. The molecule has 2 heterocycles. The van der Waals surface area contributed by atoms with Crippen LogP contribution in [-0.2, 0) is 0 Å². The number of ether oxygens (including phenoxy) is 2. The summed E-state index contributed by atoms with van der Waals surface area (Å²) in [6, 6.07) is 4.19. The van der Waals surface area contributed by atoms with Crippen LogP contribution in [0, 0.1) is 6.92 Å². The van der Waals surface area contributed by atoms with Gasteiger partial charge in [-0.25, -0.2) is 0 Å². The monoisotopic (exact) mass is 263 g/mol. The van der Waals surface area contributed by atoms with Gasteiger partial charge in [-0.3, -0.25) is 4.90 Å². The van der Waals surface area contributed by atoms with Crippen LogP contribution in [0.3, 0.4) is 0 Å². The van der Waals surface area contributed by atoms with Gasteiger partial charge in [-0.2, -0.15) is 0 Å². The van der Waals surface area contributed by atoms with Gasteiger partial charge in [0.2, 0.25) is 6.79 Å². The number of hydrogen-bond donors (Lipinski definition) is 2. The average Bonchev–Trinajstić information content (AvgIpc) is 2.88. The number of rotatable bonds is 3. The summed E-state index contributed by atoms with van der Waals surface area (Å²) in [6.45, 7) is 6.66. The minimum Gasteiger partial charge on any atom is -0.454 e. The summed E-state index contributed by atoms with van der Waals surface area (Å²) in [7, 11) is 2.01. The minimum absolute atomic E-state index is 0.233. The third kappa shape index (κ3) is 2.41. The molecule has 2 aliphatic rings. The largest absolute Gasteiger partial charge is 0.454 e. The molecular formula is C14H21N3O2. The van der Waals surface area contributed by atoms with E-state index in [1.165, 1.54) is 11.1 Å². The normalized spacial score (nSPS) is 20.5. The molecule has 2 aliphatic heterocycles. The van der Waals surface area contributed by atoms with Gasteiger partial charge in [0.1, 0.15) is 0 Å². The quantitative estimate of drug-likeness (QED) is 0.846. The van der Waals surface area contributed by atoms with Gasteiger partial charge in [0.05, 0.1) is 6.17 Å². The Balaban J connectivity index is 1.90. The lowest BCUT2D eigenvalue weighted by molar-refractivity contribution is 0.152. The van der Waals surface area contributed by atoms with E-state index < -0.39 is 0 Å². The SMILES string of the molecule is CNC(c1cc2c(cc1C)OCO2)N1CCNCC1. The van der Waals surface area contributed by atoms with E-state index in [2.05, 4.69) is 34.6 Å². The Morgan fingerprint density at radius 3 is 2.58 bits per heavy atom. The molecule has 1 atom stereocenters. The first-order chi connectivity index (χ1) is 9.29. The van der Waals surface area contributed by atoms with Crippen LogP contribution in [-0.4, -0.2) is 44.9 Å². The van der Waals surface area contributed by atoms with Gasteiger partial charge in [-0.1, -0.05) is 0 Å². The van der Waals surface area contributed by atoms with Crippen molar-refractivity contribution in [2.75, 3.05) is 40.0 Å². The first-order valence-corrected chi connectivity index (χ1v) is 6.82. The van der Waals surface area contributed by atoms with Crippen molar-refractivity contribution in [2.45, 2.75) is 13.1 Å². The molecule has 0 saturated carbocycles. The zero-order valence-electron chi connectivity index (χ0n) is 11.5. The minimum atomic E-state index is 0.233. The summed E-state index contributed by atoms with van der Waals surface area (Å²) in [5.74, 6) is 1.72. The lowest BCUT2D eigenvalue weighted by Crippen LogP contribution is -2.48. The zero-order valence-corrected chi connectivity index (χ0v) is 11.5. The highest BCUT2D eigenvalue weighted by Gasteiger charge is 2.25. The lowest BCUT2D eigenvalue weighted by atomic mass is 10.0. The first kappa shape index (κ1) is 12.7. The van der Waals surface area contributed by atoms with Gasteiger partial charge in [0, 0.05) is 26.2 Å². The highest BCUT2D eigenvalue weighted by molar-refractivity contribution is 5.49. The standard InChI is InChI=1S/C14H21N3O2/c1-10-7-12-13(19-9-18-12)8-11(10)14(15-2)17-5-3-16-4-6-17/h7-8,14-16H,3-6,9H2,1-2H3. The van der Waals surface area contributed by atoms with E-state index in [0.29, 0.717) is 6.79 Å². The van der Waals surface area contributed by atoms with Crippen LogP contribution in [0.5, 0.6) is 11.5 Å². The second-order valence-corrected chi connectivity index (χ2v) is 5.04. The van der Waals surface area contributed by atoms with E-state index in [1.807, 2.05) is 7.05 Å². The molecule has 1 aromatic carbocycles. The summed E-state index contributed by atoms with van der Waals surface area (Å²) in [5.41, 5.74) is 2.51. The molecule has 19 heavy (non-hydrogen) atoms. The fourth-order valence-electron chi connectivity index (χ4n) is 2.83. The van der Waals surface area contributed by atoms with E-state index in [9.17, 15) is 0 Å². The van der Waals surface area contributed by atoms with Crippen molar-refractivity contribution >= 4 is 0 Å². The predicted octanol–water partition coefficient (Wildman–Crippen LogP) is 0.847. The Bertz CT molecular complexity index is 458. The highest BCUT2D eigenvalue weighted by Crippen LogP contribution is 2.37. The van der Waals surface area contributed by atoms with Crippen LogP contribution >= 0.6 is 0 Å². The van der Waals surface area contributed by atoms with Crippen molar-refractivity contribution in [3.8, 4) is 11.5 Å². The van der Waals surface area contributed by atoms with Crippen molar-refractivity contribution in [1.29, 1.82) is 0 Å². The number of piperazine rings is 1. The fraction of sp³-hybridized carbons (Fsp3) is 0.571. The lowest BCUT2D eigenvalue weighted by Gasteiger charge is -2.35. The van der Waals surface area contributed by atoms with Crippen LogP contribution in [0.4, 0.5) is 0 Å². The molecule has 0 spiro atoms. The molecule has 1 fully saturated rings.